The number of nitrogens with zero attached hydrogens (tertiary/aromatic N) is 4. The molecule has 7 heteroatoms. The van der Waals surface area contributed by atoms with Gasteiger partial charge in [-0.1, -0.05) is 6.92 Å². The van der Waals surface area contributed by atoms with Crippen LogP contribution in [0.5, 0.6) is 0 Å². The molecule has 6 nitrogen and oxygen atoms in total. The summed E-state index contributed by atoms with van der Waals surface area (Å²) < 4.78 is 1.86. The number of aliphatic imine (C=N–C) groups is 1. The molecule has 0 aromatic carbocycles. The van der Waals surface area contributed by atoms with E-state index >= 15 is 0 Å². The molecular formula is C18H35IN6. The highest BCUT2D eigenvalue weighted by Gasteiger charge is 2.19. The molecular weight excluding hydrogens is 427 g/mol. The first-order valence-corrected chi connectivity index (χ1v) is 9.46. The van der Waals surface area contributed by atoms with E-state index in [0.29, 0.717) is 6.04 Å². The van der Waals surface area contributed by atoms with Crippen molar-refractivity contribution >= 4 is 29.9 Å². The molecule has 0 radical (unpaired) electrons. The minimum absolute atomic E-state index is 0. The fourth-order valence-electron chi connectivity index (χ4n) is 3.21. The van der Waals surface area contributed by atoms with Crippen LogP contribution < -0.4 is 10.6 Å². The first-order valence-electron chi connectivity index (χ1n) is 9.46. The molecule has 2 N–H and O–H groups in total. The second-order valence-corrected chi connectivity index (χ2v) is 6.65. The van der Waals surface area contributed by atoms with Gasteiger partial charge in [0, 0.05) is 45.5 Å². The summed E-state index contributed by atoms with van der Waals surface area (Å²) in [5.41, 5.74) is 1.29. The summed E-state index contributed by atoms with van der Waals surface area (Å²) in [6.45, 7) is 9.76. The maximum atomic E-state index is 4.74. The topological polar surface area (TPSA) is 57.5 Å². The van der Waals surface area contributed by atoms with Gasteiger partial charge in [0.2, 0.25) is 0 Å². The SMILES string of the molecule is CCCN1CCC(NC(=NCCCc2cnn(C)c2)NCC)CC1.I. The molecule has 1 aliphatic heterocycles. The van der Waals surface area contributed by atoms with Crippen LogP contribution in [0.1, 0.15) is 45.1 Å². The number of aromatic nitrogens is 2. The van der Waals surface area contributed by atoms with Crippen LogP contribution >= 0.6 is 24.0 Å². The summed E-state index contributed by atoms with van der Waals surface area (Å²) >= 11 is 0. The number of piperidine rings is 1. The first-order chi connectivity index (χ1) is 11.7. The molecule has 0 atom stereocenters. The third-order valence-corrected chi connectivity index (χ3v) is 4.46. The zero-order valence-electron chi connectivity index (χ0n) is 16.0. The summed E-state index contributed by atoms with van der Waals surface area (Å²) in [5, 5.41) is 11.2. The fraction of sp³-hybridized carbons (Fsp3) is 0.778. The normalized spacial score (nSPS) is 16.5. The molecule has 144 valence electrons. The minimum atomic E-state index is 0. The van der Waals surface area contributed by atoms with Crippen molar-refractivity contribution in [1.29, 1.82) is 0 Å². The standard InChI is InChI=1S/C18H34N6.HI/c1-4-11-24-12-8-17(9-13-24)22-18(19-5-2)20-10-6-7-16-14-21-23(3)15-16;/h14-15,17H,4-13H2,1-3H3,(H2,19,20,22);1H. The van der Waals surface area contributed by atoms with Crippen molar-refractivity contribution in [2.24, 2.45) is 12.0 Å². The van der Waals surface area contributed by atoms with Crippen molar-refractivity contribution in [3.8, 4) is 0 Å². The number of aryl methyl sites for hydroxylation is 2. The molecule has 1 fully saturated rings. The summed E-state index contributed by atoms with van der Waals surface area (Å²) in [6, 6.07) is 0.550. The van der Waals surface area contributed by atoms with Crippen LogP contribution in [0.2, 0.25) is 0 Å². The van der Waals surface area contributed by atoms with Gasteiger partial charge in [0.1, 0.15) is 0 Å². The van der Waals surface area contributed by atoms with E-state index in [0.717, 1.165) is 31.9 Å². The van der Waals surface area contributed by atoms with E-state index in [1.165, 1.54) is 44.5 Å². The highest BCUT2D eigenvalue weighted by atomic mass is 127. The lowest BCUT2D eigenvalue weighted by Crippen LogP contribution is -2.48. The fourth-order valence-corrected chi connectivity index (χ4v) is 3.21. The molecule has 2 rings (SSSR count). The van der Waals surface area contributed by atoms with Crippen molar-refractivity contribution in [1.82, 2.24) is 25.3 Å². The Morgan fingerprint density at radius 1 is 1.32 bits per heavy atom. The van der Waals surface area contributed by atoms with Crippen LogP contribution in [0.25, 0.3) is 0 Å². The van der Waals surface area contributed by atoms with Crippen molar-refractivity contribution in [2.45, 2.75) is 52.0 Å². The quantitative estimate of drug-likeness (QED) is 0.270. The molecule has 0 saturated carbocycles. The van der Waals surface area contributed by atoms with Gasteiger partial charge in [-0.15, -0.1) is 24.0 Å². The molecule has 0 aliphatic carbocycles. The van der Waals surface area contributed by atoms with Crippen LogP contribution in [0.4, 0.5) is 0 Å². The lowest BCUT2D eigenvalue weighted by atomic mass is 10.1. The Balaban J connectivity index is 0.00000312. The number of hydrogen-bond donors (Lipinski definition) is 2. The highest BCUT2D eigenvalue weighted by molar-refractivity contribution is 14.0. The lowest BCUT2D eigenvalue weighted by molar-refractivity contribution is 0.206. The number of likely N-dealkylation sites (tertiary alicyclic amines) is 1. The second-order valence-electron chi connectivity index (χ2n) is 6.65. The summed E-state index contributed by atoms with van der Waals surface area (Å²) in [6.07, 6.45) is 9.77. The predicted octanol–water partition coefficient (Wildman–Crippen LogP) is 2.40. The predicted molar refractivity (Wildman–Crippen MR) is 116 cm³/mol. The molecule has 1 aromatic heterocycles. The van der Waals surface area contributed by atoms with E-state index in [-0.39, 0.29) is 24.0 Å². The van der Waals surface area contributed by atoms with Crippen LogP contribution in [-0.4, -0.2) is 59.4 Å². The minimum Gasteiger partial charge on any atom is -0.357 e. The number of guanidine groups is 1. The van der Waals surface area contributed by atoms with E-state index in [1.807, 2.05) is 17.9 Å². The van der Waals surface area contributed by atoms with Crippen molar-refractivity contribution in [3.63, 3.8) is 0 Å². The monoisotopic (exact) mass is 462 g/mol. The molecule has 0 bridgehead atoms. The van der Waals surface area contributed by atoms with E-state index in [2.05, 4.69) is 40.7 Å². The average molecular weight is 462 g/mol. The van der Waals surface area contributed by atoms with E-state index in [9.17, 15) is 0 Å². The van der Waals surface area contributed by atoms with Gasteiger partial charge in [-0.2, -0.15) is 5.10 Å². The Hall–Kier alpha value is -0.830. The molecule has 0 unspecified atom stereocenters. The number of nitrogens with one attached hydrogen (secondary N) is 2. The average Bonchev–Trinajstić information content (AvgIpc) is 2.99. The van der Waals surface area contributed by atoms with Gasteiger partial charge in [0.25, 0.3) is 0 Å². The summed E-state index contributed by atoms with van der Waals surface area (Å²) in [7, 11) is 1.96. The second kappa shape index (κ2) is 12.5. The Bertz CT molecular complexity index is 494. The van der Waals surface area contributed by atoms with Crippen molar-refractivity contribution in [3.05, 3.63) is 18.0 Å². The largest absolute Gasteiger partial charge is 0.357 e. The van der Waals surface area contributed by atoms with Gasteiger partial charge in [0.05, 0.1) is 6.20 Å². The summed E-state index contributed by atoms with van der Waals surface area (Å²) in [5.74, 6) is 0.970. The van der Waals surface area contributed by atoms with Crippen LogP contribution in [0, 0.1) is 0 Å². The maximum absolute atomic E-state index is 4.74. The Morgan fingerprint density at radius 3 is 2.68 bits per heavy atom. The Labute approximate surface area is 169 Å². The third-order valence-electron chi connectivity index (χ3n) is 4.46. The smallest absolute Gasteiger partial charge is 0.191 e. The third kappa shape index (κ3) is 8.40. The van der Waals surface area contributed by atoms with Crippen molar-refractivity contribution < 1.29 is 0 Å². The van der Waals surface area contributed by atoms with Crippen molar-refractivity contribution in [2.75, 3.05) is 32.7 Å². The molecule has 0 spiro atoms. The molecule has 1 aromatic rings. The van der Waals surface area contributed by atoms with E-state index < -0.39 is 0 Å². The van der Waals surface area contributed by atoms with Gasteiger partial charge in [-0.05, 0) is 51.1 Å². The van der Waals surface area contributed by atoms with Crippen LogP contribution in [0.3, 0.4) is 0 Å². The zero-order chi connectivity index (χ0) is 17.2. The first kappa shape index (κ1) is 22.2. The zero-order valence-corrected chi connectivity index (χ0v) is 18.3. The number of rotatable bonds is 8. The molecule has 0 amide bonds. The van der Waals surface area contributed by atoms with E-state index in [4.69, 9.17) is 4.99 Å². The van der Waals surface area contributed by atoms with Gasteiger partial charge in [-0.3, -0.25) is 9.67 Å². The van der Waals surface area contributed by atoms with Gasteiger partial charge in [0.15, 0.2) is 5.96 Å². The Kier molecular flexibility index (Phi) is 11.1. The highest BCUT2D eigenvalue weighted by Crippen LogP contribution is 2.10. The maximum Gasteiger partial charge on any atom is 0.191 e. The molecule has 1 saturated heterocycles. The summed E-state index contributed by atoms with van der Waals surface area (Å²) in [4.78, 5) is 7.30. The molecule has 25 heavy (non-hydrogen) atoms. The van der Waals surface area contributed by atoms with Gasteiger partial charge >= 0.3 is 0 Å². The molecule has 2 heterocycles. The van der Waals surface area contributed by atoms with E-state index in [1.54, 1.807) is 0 Å². The number of hydrogen-bond acceptors (Lipinski definition) is 3. The Morgan fingerprint density at radius 2 is 2.08 bits per heavy atom. The van der Waals surface area contributed by atoms with Gasteiger partial charge in [-0.25, -0.2) is 0 Å². The van der Waals surface area contributed by atoms with Crippen LogP contribution in [0.15, 0.2) is 17.4 Å². The van der Waals surface area contributed by atoms with Gasteiger partial charge < -0.3 is 15.5 Å². The molecule has 1 aliphatic rings. The lowest BCUT2D eigenvalue weighted by Gasteiger charge is -2.32. The number of halogens is 1. The van der Waals surface area contributed by atoms with Crippen LogP contribution in [-0.2, 0) is 13.5 Å².